The Hall–Kier alpha value is -1.06. The first-order chi connectivity index (χ1) is 10.1. The second-order valence-corrected chi connectivity index (χ2v) is 7.32. The minimum Gasteiger partial charge on any atom is -0.475 e. The van der Waals surface area contributed by atoms with Gasteiger partial charge in [0.1, 0.15) is 0 Å². The number of rotatable bonds is 5. The fraction of sp³-hybridized carbons (Fsp3) is 0.882. The number of fused-ring (bicyclic) bond motifs is 1. The lowest BCUT2D eigenvalue weighted by molar-refractivity contribution is 0.294. The van der Waals surface area contributed by atoms with Gasteiger partial charge in [0.05, 0.1) is 12.8 Å². The Morgan fingerprint density at radius 1 is 1.29 bits per heavy atom. The second-order valence-electron chi connectivity index (χ2n) is 7.32. The van der Waals surface area contributed by atoms with Crippen LogP contribution in [-0.2, 0) is 0 Å². The Bertz CT molecular complexity index is 402. The summed E-state index contributed by atoms with van der Waals surface area (Å²) in [5.41, 5.74) is 0.727. The van der Waals surface area contributed by atoms with Crippen molar-refractivity contribution in [3.05, 3.63) is 6.20 Å². The first-order valence-corrected chi connectivity index (χ1v) is 8.55. The lowest BCUT2D eigenvalue weighted by Gasteiger charge is -2.15. The summed E-state index contributed by atoms with van der Waals surface area (Å²) in [6.45, 7) is 10.2. The summed E-state index contributed by atoms with van der Waals surface area (Å²) in [6.07, 6.45) is 9.66. The number of nitrogens with zero attached hydrogens (tertiary/aromatic N) is 2. The highest BCUT2D eigenvalue weighted by molar-refractivity contribution is 5.07. The molecule has 0 aliphatic heterocycles. The number of aromatic amines is 1. The molecule has 0 aromatic carbocycles. The second kappa shape index (κ2) is 7.28. The standard InChI is InChI=1S/C10H18.C7H13N3O/c1-7-4-5-8-9(6-7)10(8,2)3;1-2-3-4-5-11-7-6-8-10-9-7/h7-9H,4-6H2,1-3H3;6H,2-5H2,1H3,(H,8,9,10). The van der Waals surface area contributed by atoms with Crippen LogP contribution in [-0.4, -0.2) is 22.0 Å². The SMILES string of the molecule is CC1CCC2C(C1)C2(C)C.CCCCCOc1c[nH]nn1. The predicted molar refractivity (Wildman–Crippen MR) is 85.2 cm³/mol. The zero-order valence-corrected chi connectivity index (χ0v) is 14.1. The highest BCUT2D eigenvalue weighted by Crippen LogP contribution is 2.65. The summed E-state index contributed by atoms with van der Waals surface area (Å²) in [7, 11) is 0. The first kappa shape index (κ1) is 16.3. The maximum Gasteiger partial charge on any atom is 0.253 e. The van der Waals surface area contributed by atoms with Crippen LogP contribution >= 0.6 is 0 Å². The van der Waals surface area contributed by atoms with E-state index in [2.05, 4.69) is 43.1 Å². The van der Waals surface area contributed by atoms with Gasteiger partial charge in [-0.25, -0.2) is 0 Å². The van der Waals surface area contributed by atoms with Gasteiger partial charge in [-0.1, -0.05) is 57.3 Å². The Kier molecular flexibility index (Phi) is 5.65. The molecule has 1 N–H and O–H groups in total. The van der Waals surface area contributed by atoms with Gasteiger partial charge in [0.25, 0.3) is 5.88 Å². The zero-order chi connectivity index (χ0) is 15.3. The summed E-state index contributed by atoms with van der Waals surface area (Å²) in [5, 5.41) is 9.79. The zero-order valence-electron chi connectivity index (χ0n) is 14.1. The summed E-state index contributed by atoms with van der Waals surface area (Å²) in [6, 6.07) is 0. The van der Waals surface area contributed by atoms with Crippen LogP contribution in [0.1, 0.15) is 66.2 Å². The van der Waals surface area contributed by atoms with Crippen LogP contribution in [0.15, 0.2) is 6.20 Å². The monoisotopic (exact) mass is 293 g/mol. The van der Waals surface area contributed by atoms with Crippen molar-refractivity contribution in [2.24, 2.45) is 23.2 Å². The van der Waals surface area contributed by atoms with E-state index < -0.39 is 0 Å². The van der Waals surface area contributed by atoms with Gasteiger partial charge in [0, 0.05) is 0 Å². The number of nitrogens with one attached hydrogen (secondary N) is 1. The minimum atomic E-state index is 0.584. The van der Waals surface area contributed by atoms with Gasteiger partial charge in [-0.05, 0) is 42.4 Å². The molecule has 0 saturated heterocycles. The molecule has 2 saturated carbocycles. The van der Waals surface area contributed by atoms with E-state index in [-0.39, 0.29) is 0 Å². The van der Waals surface area contributed by atoms with Crippen molar-refractivity contribution in [1.29, 1.82) is 0 Å². The van der Waals surface area contributed by atoms with E-state index in [9.17, 15) is 0 Å². The van der Waals surface area contributed by atoms with Gasteiger partial charge < -0.3 is 4.74 Å². The third kappa shape index (κ3) is 4.45. The molecule has 3 rings (SSSR count). The molecule has 0 radical (unpaired) electrons. The Morgan fingerprint density at radius 2 is 2.10 bits per heavy atom. The van der Waals surface area contributed by atoms with Gasteiger partial charge >= 0.3 is 0 Å². The lowest BCUT2D eigenvalue weighted by Crippen LogP contribution is -2.03. The molecule has 4 nitrogen and oxygen atoms in total. The fourth-order valence-corrected chi connectivity index (χ4v) is 3.70. The van der Waals surface area contributed by atoms with Gasteiger partial charge in [0.15, 0.2) is 0 Å². The van der Waals surface area contributed by atoms with Gasteiger partial charge in [-0.2, -0.15) is 0 Å². The summed E-state index contributed by atoms with van der Waals surface area (Å²) in [4.78, 5) is 0. The number of hydrogen-bond acceptors (Lipinski definition) is 3. The van der Waals surface area contributed by atoms with Gasteiger partial charge in [-0.15, -0.1) is 0 Å². The predicted octanol–water partition coefficient (Wildman–Crippen LogP) is 4.45. The average Bonchev–Trinajstić information content (AvgIpc) is 2.85. The van der Waals surface area contributed by atoms with Crippen molar-refractivity contribution in [2.45, 2.75) is 66.2 Å². The maximum absolute atomic E-state index is 5.24. The average molecular weight is 293 g/mol. The van der Waals surface area contributed by atoms with Crippen molar-refractivity contribution < 1.29 is 4.74 Å². The molecule has 2 fully saturated rings. The molecule has 0 amide bonds. The smallest absolute Gasteiger partial charge is 0.253 e. The topological polar surface area (TPSA) is 50.8 Å². The molecule has 0 spiro atoms. The molecule has 2 aliphatic carbocycles. The highest BCUT2D eigenvalue weighted by atomic mass is 16.5. The van der Waals surface area contributed by atoms with Crippen LogP contribution in [0.4, 0.5) is 0 Å². The van der Waals surface area contributed by atoms with E-state index in [1.807, 2.05) is 0 Å². The summed E-state index contributed by atoms with van der Waals surface area (Å²) >= 11 is 0. The van der Waals surface area contributed by atoms with E-state index in [1.54, 1.807) is 6.20 Å². The van der Waals surface area contributed by atoms with Crippen LogP contribution in [0.5, 0.6) is 5.88 Å². The maximum atomic E-state index is 5.24. The quantitative estimate of drug-likeness (QED) is 0.816. The van der Waals surface area contributed by atoms with Crippen LogP contribution < -0.4 is 4.74 Å². The third-order valence-corrected chi connectivity index (χ3v) is 5.31. The molecule has 0 bridgehead atoms. The number of aromatic nitrogens is 3. The van der Waals surface area contributed by atoms with E-state index in [0.717, 1.165) is 36.2 Å². The molecule has 3 unspecified atom stereocenters. The molecule has 120 valence electrons. The highest BCUT2D eigenvalue weighted by Gasteiger charge is 2.58. The van der Waals surface area contributed by atoms with Crippen LogP contribution in [0, 0.1) is 23.2 Å². The number of ether oxygens (including phenoxy) is 1. The Morgan fingerprint density at radius 3 is 2.67 bits per heavy atom. The van der Waals surface area contributed by atoms with Crippen molar-refractivity contribution in [1.82, 2.24) is 15.4 Å². The van der Waals surface area contributed by atoms with Gasteiger partial charge in [0.2, 0.25) is 0 Å². The van der Waals surface area contributed by atoms with Crippen molar-refractivity contribution in [2.75, 3.05) is 6.61 Å². The van der Waals surface area contributed by atoms with Crippen molar-refractivity contribution >= 4 is 0 Å². The molecule has 1 aromatic heterocycles. The van der Waals surface area contributed by atoms with Crippen molar-refractivity contribution in [3.8, 4) is 5.88 Å². The summed E-state index contributed by atoms with van der Waals surface area (Å²) < 4.78 is 5.24. The molecular weight excluding hydrogens is 262 g/mol. The van der Waals surface area contributed by atoms with E-state index in [4.69, 9.17) is 4.74 Å². The number of H-pyrrole nitrogens is 1. The first-order valence-electron chi connectivity index (χ1n) is 8.55. The van der Waals surface area contributed by atoms with Crippen LogP contribution in [0.3, 0.4) is 0 Å². The third-order valence-electron chi connectivity index (χ3n) is 5.31. The molecule has 4 heteroatoms. The van der Waals surface area contributed by atoms with Crippen LogP contribution in [0.25, 0.3) is 0 Å². The number of hydrogen-bond donors (Lipinski definition) is 1. The fourth-order valence-electron chi connectivity index (χ4n) is 3.70. The number of unbranched alkanes of at least 4 members (excludes halogenated alkanes) is 2. The molecule has 21 heavy (non-hydrogen) atoms. The molecule has 1 heterocycles. The largest absolute Gasteiger partial charge is 0.475 e. The molecule has 3 atom stereocenters. The van der Waals surface area contributed by atoms with E-state index in [0.29, 0.717) is 5.88 Å². The minimum absolute atomic E-state index is 0.584. The Labute approximate surface area is 129 Å². The van der Waals surface area contributed by atoms with Crippen molar-refractivity contribution in [3.63, 3.8) is 0 Å². The Balaban J connectivity index is 0.000000154. The lowest BCUT2D eigenvalue weighted by atomic mass is 9.91. The normalized spacial score (nSPS) is 29.0. The molecular formula is C17H31N3O. The van der Waals surface area contributed by atoms with E-state index >= 15 is 0 Å². The van der Waals surface area contributed by atoms with Gasteiger partial charge in [-0.3, -0.25) is 5.10 Å². The molecule has 1 aromatic rings. The van der Waals surface area contributed by atoms with E-state index in [1.165, 1.54) is 32.1 Å². The summed E-state index contributed by atoms with van der Waals surface area (Å²) in [5.74, 6) is 3.80. The van der Waals surface area contributed by atoms with Crippen LogP contribution in [0.2, 0.25) is 0 Å². The molecule has 2 aliphatic rings.